The molecule has 4 aromatic rings. The maximum Gasteiger partial charge on any atom is 0.212 e. The Bertz CT molecular complexity index is 1260. The van der Waals surface area contributed by atoms with Gasteiger partial charge in [0.05, 0.1) is 5.56 Å². The van der Waals surface area contributed by atoms with Crippen LogP contribution < -0.4 is 4.57 Å². The first kappa shape index (κ1) is 11.8. The molecule has 0 bridgehead atoms. The quantitative estimate of drug-likeness (QED) is 0.471. The van der Waals surface area contributed by atoms with E-state index in [0.29, 0.717) is 16.7 Å². The zero-order valence-electron chi connectivity index (χ0n) is 18.8. The standard InChI is InChI=1S/C22H23N2O/c1-13(2)18-7-9-20-22(23-18)17-10-15(4)16(11-21(17)25-20)19-8-6-14(3)12-24(19)5/h6-13H,1-5H3/q+1/i1D3,13D. The fourth-order valence-electron chi connectivity index (χ4n) is 3.31. The van der Waals surface area contributed by atoms with Crippen LogP contribution in [0.2, 0.25) is 0 Å². The van der Waals surface area contributed by atoms with Crippen molar-refractivity contribution < 1.29 is 14.5 Å². The van der Waals surface area contributed by atoms with Crippen molar-refractivity contribution in [1.29, 1.82) is 0 Å². The third-order valence-corrected chi connectivity index (χ3v) is 4.60. The van der Waals surface area contributed by atoms with E-state index >= 15 is 0 Å². The maximum absolute atomic E-state index is 8.33. The highest BCUT2D eigenvalue weighted by molar-refractivity contribution is 6.04. The molecular formula is C22H23N2O+. The minimum absolute atomic E-state index is 0.208. The summed E-state index contributed by atoms with van der Waals surface area (Å²) in [4.78, 5) is 4.53. The second-order valence-electron chi connectivity index (χ2n) is 6.64. The lowest BCUT2D eigenvalue weighted by Gasteiger charge is -2.05. The van der Waals surface area contributed by atoms with Gasteiger partial charge in [-0.05, 0) is 55.6 Å². The van der Waals surface area contributed by atoms with Crippen LogP contribution in [0.25, 0.3) is 33.3 Å². The summed E-state index contributed by atoms with van der Waals surface area (Å²) in [6.45, 7) is 2.99. The Morgan fingerprint density at radius 3 is 2.76 bits per heavy atom. The van der Waals surface area contributed by atoms with Crippen LogP contribution in [0.15, 0.2) is 47.0 Å². The van der Waals surface area contributed by atoms with Gasteiger partial charge in [-0.3, -0.25) is 0 Å². The lowest BCUT2D eigenvalue weighted by atomic mass is 10.0. The van der Waals surface area contributed by atoms with Crippen LogP contribution in [0, 0.1) is 13.8 Å². The SMILES string of the molecule is [2H]C([2H])([2H])C([2H])(C)c1ccc2oc3cc(-c4ccc(C)c[n+]4C)c(C)cc3c2n1. The molecule has 25 heavy (non-hydrogen) atoms. The first-order chi connectivity index (χ1) is 13.5. The molecule has 1 unspecified atom stereocenters. The third-order valence-electron chi connectivity index (χ3n) is 4.60. The number of nitrogens with zero attached hydrogens (tertiary/aromatic N) is 2. The van der Waals surface area contributed by atoms with Gasteiger partial charge in [0.2, 0.25) is 5.69 Å². The van der Waals surface area contributed by atoms with Gasteiger partial charge in [-0.25, -0.2) is 9.55 Å². The molecular weight excluding hydrogens is 308 g/mol. The number of aromatic nitrogens is 2. The van der Waals surface area contributed by atoms with E-state index in [4.69, 9.17) is 9.90 Å². The van der Waals surface area contributed by atoms with Gasteiger partial charge in [-0.2, -0.15) is 0 Å². The molecule has 0 amide bonds. The molecule has 3 aromatic heterocycles. The Balaban J connectivity index is 1.93. The summed E-state index contributed by atoms with van der Waals surface area (Å²) < 4.78 is 39.5. The van der Waals surface area contributed by atoms with Crippen LogP contribution >= 0.6 is 0 Å². The number of hydrogen-bond acceptors (Lipinski definition) is 2. The first-order valence-corrected chi connectivity index (χ1v) is 8.30. The predicted octanol–water partition coefficient (Wildman–Crippen LogP) is 5.21. The molecule has 0 N–H and O–H groups in total. The van der Waals surface area contributed by atoms with Crippen LogP contribution in [0.3, 0.4) is 0 Å². The van der Waals surface area contributed by atoms with Crippen LogP contribution in [-0.2, 0) is 7.05 Å². The van der Waals surface area contributed by atoms with E-state index in [9.17, 15) is 0 Å². The summed E-state index contributed by atoms with van der Waals surface area (Å²) in [5, 5.41) is 0.819. The summed E-state index contributed by atoms with van der Waals surface area (Å²) in [6.07, 6.45) is 2.08. The Morgan fingerprint density at radius 1 is 1.16 bits per heavy atom. The molecule has 4 rings (SSSR count). The lowest BCUT2D eigenvalue weighted by molar-refractivity contribution is -0.660. The van der Waals surface area contributed by atoms with Gasteiger partial charge in [0.25, 0.3) is 0 Å². The van der Waals surface area contributed by atoms with Gasteiger partial charge in [0.15, 0.2) is 11.8 Å². The number of furan rings is 1. The van der Waals surface area contributed by atoms with E-state index in [-0.39, 0.29) is 5.69 Å². The average Bonchev–Trinajstić information content (AvgIpc) is 2.97. The Labute approximate surface area is 153 Å². The Kier molecular flexibility index (Phi) is 2.69. The predicted molar refractivity (Wildman–Crippen MR) is 102 cm³/mol. The highest BCUT2D eigenvalue weighted by atomic mass is 16.3. The molecule has 0 radical (unpaired) electrons. The molecule has 0 aliphatic heterocycles. The fourth-order valence-corrected chi connectivity index (χ4v) is 3.31. The van der Waals surface area contributed by atoms with E-state index in [2.05, 4.69) is 34.8 Å². The minimum atomic E-state index is -2.48. The topological polar surface area (TPSA) is 29.9 Å². The number of rotatable bonds is 2. The van der Waals surface area contributed by atoms with Gasteiger partial charge < -0.3 is 4.42 Å². The number of pyridine rings is 2. The monoisotopic (exact) mass is 335 g/mol. The molecule has 1 atom stereocenters. The van der Waals surface area contributed by atoms with Crippen molar-refractivity contribution in [3.8, 4) is 11.3 Å². The molecule has 0 fully saturated rings. The van der Waals surface area contributed by atoms with Gasteiger partial charge >= 0.3 is 0 Å². The first-order valence-electron chi connectivity index (χ1n) is 10.3. The van der Waals surface area contributed by atoms with Crippen molar-refractivity contribution in [2.75, 3.05) is 0 Å². The van der Waals surface area contributed by atoms with E-state index in [1.165, 1.54) is 12.5 Å². The summed E-state index contributed by atoms with van der Waals surface area (Å²) >= 11 is 0. The van der Waals surface area contributed by atoms with Crippen molar-refractivity contribution in [1.82, 2.24) is 4.98 Å². The lowest BCUT2D eigenvalue weighted by Crippen LogP contribution is -2.31. The van der Waals surface area contributed by atoms with Crippen molar-refractivity contribution in [3.05, 3.63) is 59.4 Å². The zero-order chi connectivity index (χ0) is 21.1. The second-order valence-corrected chi connectivity index (χ2v) is 6.64. The number of benzene rings is 1. The summed E-state index contributed by atoms with van der Waals surface area (Å²) in [6, 6.07) is 11.5. The van der Waals surface area contributed by atoms with Crippen molar-refractivity contribution in [3.63, 3.8) is 0 Å². The van der Waals surface area contributed by atoms with Crippen molar-refractivity contribution in [2.24, 2.45) is 7.05 Å². The van der Waals surface area contributed by atoms with Gasteiger partial charge in [0.1, 0.15) is 18.1 Å². The average molecular weight is 335 g/mol. The molecule has 0 spiro atoms. The molecule has 0 aliphatic rings. The zero-order valence-corrected chi connectivity index (χ0v) is 14.8. The maximum atomic E-state index is 8.33. The highest BCUT2D eigenvalue weighted by Gasteiger charge is 2.17. The fraction of sp³-hybridized carbons (Fsp3) is 0.273. The molecule has 1 aromatic carbocycles. The normalized spacial score (nSPS) is 17.0. The smallest absolute Gasteiger partial charge is 0.212 e. The Morgan fingerprint density at radius 2 is 2.00 bits per heavy atom. The largest absolute Gasteiger partial charge is 0.454 e. The van der Waals surface area contributed by atoms with E-state index in [1.807, 2.05) is 26.1 Å². The number of aryl methyl sites for hydroxylation is 3. The summed E-state index contributed by atoms with van der Waals surface area (Å²) in [5.74, 6) is -1.80. The van der Waals surface area contributed by atoms with E-state index in [1.54, 1.807) is 12.1 Å². The van der Waals surface area contributed by atoms with Crippen LogP contribution in [-0.4, -0.2) is 4.98 Å². The van der Waals surface area contributed by atoms with Crippen LogP contribution in [0.4, 0.5) is 0 Å². The number of hydrogen-bond donors (Lipinski definition) is 0. The van der Waals surface area contributed by atoms with Crippen molar-refractivity contribution in [2.45, 2.75) is 33.5 Å². The second kappa shape index (κ2) is 5.69. The molecule has 0 saturated heterocycles. The highest BCUT2D eigenvalue weighted by Crippen LogP contribution is 2.33. The summed E-state index contributed by atoms with van der Waals surface area (Å²) in [5.41, 5.74) is 6.45. The molecule has 3 heteroatoms. The molecule has 126 valence electrons. The molecule has 3 heterocycles. The van der Waals surface area contributed by atoms with Crippen LogP contribution in [0.5, 0.6) is 0 Å². The van der Waals surface area contributed by atoms with E-state index < -0.39 is 12.7 Å². The summed E-state index contributed by atoms with van der Waals surface area (Å²) in [7, 11) is 2.02. The Hall–Kier alpha value is -2.68. The van der Waals surface area contributed by atoms with Gasteiger partial charge in [-0.1, -0.05) is 13.8 Å². The number of fused-ring (bicyclic) bond motifs is 3. The van der Waals surface area contributed by atoms with Crippen molar-refractivity contribution >= 4 is 22.1 Å². The van der Waals surface area contributed by atoms with Gasteiger partial charge in [0, 0.05) is 28.2 Å². The molecule has 0 saturated carbocycles. The van der Waals surface area contributed by atoms with Gasteiger partial charge in [-0.15, -0.1) is 0 Å². The molecule has 0 aliphatic carbocycles. The van der Waals surface area contributed by atoms with Crippen LogP contribution in [0.1, 0.15) is 42.0 Å². The third kappa shape index (κ3) is 2.60. The molecule has 3 nitrogen and oxygen atoms in total. The van der Waals surface area contributed by atoms with E-state index in [0.717, 1.165) is 22.2 Å². The minimum Gasteiger partial charge on any atom is -0.454 e.